The summed E-state index contributed by atoms with van der Waals surface area (Å²) in [4.78, 5) is 28.5. The van der Waals surface area contributed by atoms with Gasteiger partial charge in [-0.3, -0.25) is 9.63 Å². The summed E-state index contributed by atoms with van der Waals surface area (Å²) < 4.78 is 4.81. The van der Waals surface area contributed by atoms with Gasteiger partial charge in [-0.2, -0.15) is 0 Å². The Kier molecular flexibility index (Phi) is 6.52. The standard InChI is InChI=1S/C14H20N2O4/c1-4-20-14(18)15-12(13(17)16(2)19-3)10-11-8-6-5-7-9-11/h5-9,12H,4,10H2,1-3H3,(H,15,18). The van der Waals surface area contributed by atoms with Crippen molar-refractivity contribution in [2.24, 2.45) is 0 Å². The summed E-state index contributed by atoms with van der Waals surface area (Å²) in [6.07, 6.45) is -0.252. The zero-order valence-electron chi connectivity index (χ0n) is 12.0. The lowest BCUT2D eigenvalue weighted by Crippen LogP contribution is -2.48. The number of nitrogens with one attached hydrogen (secondary N) is 1. The molecule has 1 unspecified atom stereocenters. The van der Waals surface area contributed by atoms with Gasteiger partial charge in [-0.05, 0) is 12.5 Å². The van der Waals surface area contributed by atoms with E-state index in [4.69, 9.17) is 9.57 Å². The Morgan fingerprint density at radius 1 is 1.30 bits per heavy atom. The van der Waals surface area contributed by atoms with Crippen LogP contribution in [0.3, 0.4) is 0 Å². The highest BCUT2D eigenvalue weighted by atomic mass is 16.7. The predicted molar refractivity (Wildman–Crippen MR) is 73.9 cm³/mol. The lowest BCUT2D eigenvalue weighted by molar-refractivity contribution is -0.170. The Labute approximate surface area is 118 Å². The van der Waals surface area contributed by atoms with Gasteiger partial charge in [0.2, 0.25) is 0 Å². The fourth-order valence-electron chi connectivity index (χ4n) is 1.67. The maximum absolute atomic E-state index is 12.1. The summed E-state index contributed by atoms with van der Waals surface area (Å²) in [5, 5.41) is 3.63. The number of hydrogen-bond donors (Lipinski definition) is 1. The molecule has 0 aliphatic rings. The quantitative estimate of drug-likeness (QED) is 0.799. The highest BCUT2D eigenvalue weighted by molar-refractivity contribution is 5.85. The molecule has 6 heteroatoms. The molecule has 0 heterocycles. The molecule has 0 radical (unpaired) electrons. The molecule has 0 bridgehead atoms. The lowest BCUT2D eigenvalue weighted by atomic mass is 10.1. The van der Waals surface area contributed by atoms with Crippen LogP contribution in [0.2, 0.25) is 0 Å². The van der Waals surface area contributed by atoms with Gasteiger partial charge in [0.1, 0.15) is 6.04 Å². The van der Waals surface area contributed by atoms with E-state index in [1.165, 1.54) is 14.2 Å². The SMILES string of the molecule is CCOC(=O)NC(Cc1ccccc1)C(=O)N(C)OC. The van der Waals surface area contributed by atoms with E-state index in [-0.39, 0.29) is 12.5 Å². The molecule has 0 spiro atoms. The van der Waals surface area contributed by atoms with E-state index in [2.05, 4.69) is 5.32 Å². The number of rotatable bonds is 6. The van der Waals surface area contributed by atoms with E-state index in [9.17, 15) is 9.59 Å². The van der Waals surface area contributed by atoms with Gasteiger partial charge in [0.05, 0.1) is 13.7 Å². The number of hydrogen-bond acceptors (Lipinski definition) is 4. The number of carbonyl (C=O) groups excluding carboxylic acids is 2. The van der Waals surface area contributed by atoms with Gasteiger partial charge in [-0.15, -0.1) is 0 Å². The summed E-state index contributed by atoms with van der Waals surface area (Å²) in [5.41, 5.74) is 0.937. The fourth-order valence-corrected chi connectivity index (χ4v) is 1.67. The minimum Gasteiger partial charge on any atom is -0.450 e. The minimum atomic E-state index is -0.735. The molecule has 1 N–H and O–H groups in total. The zero-order valence-corrected chi connectivity index (χ0v) is 12.0. The Balaban J connectivity index is 2.78. The fraction of sp³-hybridized carbons (Fsp3) is 0.429. The smallest absolute Gasteiger partial charge is 0.407 e. The third-order valence-corrected chi connectivity index (χ3v) is 2.73. The van der Waals surface area contributed by atoms with Crippen molar-refractivity contribution >= 4 is 12.0 Å². The van der Waals surface area contributed by atoms with E-state index in [0.717, 1.165) is 10.6 Å². The van der Waals surface area contributed by atoms with Crippen molar-refractivity contribution in [1.29, 1.82) is 0 Å². The van der Waals surface area contributed by atoms with Crippen LogP contribution >= 0.6 is 0 Å². The molecule has 1 aromatic rings. The second-order valence-corrected chi connectivity index (χ2v) is 4.13. The molecular weight excluding hydrogens is 260 g/mol. The number of hydroxylamine groups is 2. The van der Waals surface area contributed by atoms with E-state index < -0.39 is 12.1 Å². The van der Waals surface area contributed by atoms with Gasteiger partial charge in [0.15, 0.2) is 0 Å². The van der Waals surface area contributed by atoms with Crippen molar-refractivity contribution in [3.05, 3.63) is 35.9 Å². The molecule has 0 aromatic heterocycles. The van der Waals surface area contributed by atoms with Gasteiger partial charge in [0.25, 0.3) is 5.91 Å². The van der Waals surface area contributed by atoms with E-state index in [1.54, 1.807) is 6.92 Å². The molecule has 2 amide bonds. The number of alkyl carbamates (subject to hydrolysis) is 1. The molecule has 6 nitrogen and oxygen atoms in total. The lowest BCUT2D eigenvalue weighted by Gasteiger charge is -2.22. The average Bonchev–Trinajstić information content (AvgIpc) is 2.46. The first kappa shape index (κ1) is 16.0. The first-order valence-corrected chi connectivity index (χ1v) is 6.37. The maximum Gasteiger partial charge on any atom is 0.407 e. The van der Waals surface area contributed by atoms with Crippen LogP contribution in [-0.2, 0) is 20.8 Å². The average molecular weight is 280 g/mol. The third kappa shape index (κ3) is 4.89. The predicted octanol–water partition coefficient (Wildman–Crippen LogP) is 1.36. The van der Waals surface area contributed by atoms with E-state index in [0.29, 0.717) is 6.42 Å². The van der Waals surface area contributed by atoms with Gasteiger partial charge >= 0.3 is 6.09 Å². The van der Waals surface area contributed by atoms with Crippen molar-refractivity contribution < 1.29 is 19.2 Å². The van der Waals surface area contributed by atoms with Gasteiger partial charge in [-0.25, -0.2) is 9.86 Å². The van der Waals surface area contributed by atoms with Gasteiger partial charge in [0, 0.05) is 13.5 Å². The first-order valence-electron chi connectivity index (χ1n) is 6.37. The normalized spacial score (nSPS) is 11.6. The third-order valence-electron chi connectivity index (χ3n) is 2.73. The number of likely N-dealkylation sites (N-methyl/N-ethyl adjacent to an activating group) is 1. The summed E-state index contributed by atoms with van der Waals surface area (Å²) in [6.45, 7) is 1.95. The summed E-state index contributed by atoms with van der Waals surface area (Å²) in [6, 6.07) is 8.68. The number of ether oxygens (including phenoxy) is 1. The molecule has 0 aliphatic heterocycles. The largest absolute Gasteiger partial charge is 0.450 e. The summed E-state index contributed by atoms with van der Waals surface area (Å²) in [5.74, 6) is -0.343. The Hall–Kier alpha value is -2.08. The minimum absolute atomic E-state index is 0.248. The van der Waals surface area contributed by atoms with Crippen LogP contribution in [0.25, 0.3) is 0 Å². The van der Waals surface area contributed by atoms with Crippen molar-refractivity contribution in [3.8, 4) is 0 Å². The van der Waals surface area contributed by atoms with Crippen LogP contribution in [0.5, 0.6) is 0 Å². The van der Waals surface area contributed by atoms with Crippen LogP contribution in [0, 0.1) is 0 Å². The van der Waals surface area contributed by atoms with Crippen molar-refractivity contribution in [1.82, 2.24) is 10.4 Å². The second-order valence-electron chi connectivity index (χ2n) is 4.13. The van der Waals surface area contributed by atoms with Crippen LogP contribution in [0.4, 0.5) is 4.79 Å². The molecule has 0 aliphatic carbocycles. The number of nitrogens with zero attached hydrogens (tertiary/aromatic N) is 1. The Bertz CT molecular complexity index is 436. The van der Waals surface area contributed by atoms with Crippen LogP contribution in [0.1, 0.15) is 12.5 Å². The van der Waals surface area contributed by atoms with Gasteiger partial charge < -0.3 is 10.1 Å². The van der Waals surface area contributed by atoms with Crippen molar-refractivity contribution in [3.63, 3.8) is 0 Å². The Morgan fingerprint density at radius 3 is 2.50 bits per heavy atom. The molecule has 0 saturated carbocycles. The molecule has 0 fully saturated rings. The van der Waals surface area contributed by atoms with Crippen molar-refractivity contribution in [2.75, 3.05) is 20.8 Å². The molecule has 110 valence electrons. The van der Waals surface area contributed by atoms with E-state index >= 15 is 0 Å². The van der Waals surface area contributed by atoms with E-state index in [1.807, 2.05) is 30.3 Å². The zero-order chi connectivity index (χ0) is 15.0. The monoisotopic (exact) mass is 280 g/mol. The second kappa shape index (κ2) is 8.16. The highest BCUT2D eigenvalue weighted by Crippen LogP contribution is 2.06. The molecule has 0 saturated heterocycles. The first-order chi connectivity index (χ1) is 9.58. The number of benzene rings is 1. The maximum atomic E-state index is 12.1. The molecular formula is C14H20N2O4. The molecule has 1 atom stereocenters. The topological polar surface area (TPSA) is 67.9 Å². The molecule has 1 rings (SSSR count). The van der Waals surface area contributed by atoms with Crippen LogP contribution in [0.15, 0.2) is 30.3 Å². The van der Waals surface area contributed by atoms with Gasteiger partial charge in [-0.1, -0.05) is 30.3 Å². The van der Waals surface area contributed by atoms with Crippen molar-refractivity contribution in [2.45, 2.75) is 19.4 Å². The highest BCUT2D eigenvalue weighted by Gasteiger charge is 2.25. The summed E-state index contributed by atoms with van der Waals surface area (Å²) in [7, 11) is 2.88. The Morgan fingerprint density at radius 2 is 1.95 bits per heavy atom. The van der Waals surface area contributed by atoms with Crippen LogP contribution in [-0.4, -0.2) is 43.9 Å². The van der Waals surface area contributed by atoms with Crippen LogP contribution < -0.4 is 5.32 Å². The number of amides is 2. The molecule has 20 heavy (non-hydrogen) atoms. The molecule has 1 aromatic carbocycles. The number of carbonyl (C=O) groups is 2. The summed E-state index contributed by atoms with van der Waals surface area (Å²) >= 11 is 0.